The SMILES string of the molecule is C[C@H]1CCN(CCn2ccnc2)CC1(F)F. The van der Waals surface area contributed by atoms with Gasteiger partial charge >= 0.3 is 0 Å². The van der Waals surface area contributed by atoms with E-state index < -0.39 is 11.8 Å². The van der Waals surface area contributed by atoms with Gasteiger partial charge in [-0.05, 0) is 13.0 Å². The van der Waals surface area contributed by atoms with Crippen LogP contribution >= 0.6 is 0 Å². The summed E-state index contributed by atoms with van der Waals surface area (Å²) in [6.07, 6.45) is 5.85. The van der Waals surface area contributed by atoms with E-state index in [9.17, 15) is 8.78 Å². The number of nitrogens with zero attached hydrogens (tertiary/aromatic N) is 3. The van der Waals surface area contributed by atoms with E-state index in [4.69, 9.17) is 0 Å². The lowest BCUT2D eigenvalue weighted by atomic mass is 9.95. The van der Waals surface area contributed by atoms with Gasteiger partial charge in [0, 0.05) is 31.4 Å². The summed E-state index contributed by atoms with van der Waals surface area (Å²) in [6.45, 7) is 3.69. The van der Waals surface area contributed by atoms with Crippen molar-refractivity contribution in [2.45, 2.75) is 25.8 Å². The minimum atomic E-state index is -2.53. The Morgan fingerprint density at radius 2 is 2.25 bits per heavy atom. The number of rotatable bonds is 3. The first-order valence-electron chi connectivity index (χ1n) is 5.64. The lowest BCUT2D eigenvalue weighted by molar-refractivity contribution is -0.105. The first-order valence-corrected chi connectivity index (χ1v) is 5.64. The van der Waals surface area contributed by atoms with E-state index in [0.29, 0.717) is 13.0 Å². The average molecular weight is 229 g/mol. The van der Waals surface area contributed by atoms with E-state index in [1.807, 2.05) is 15.7 Å². The zero-order valence-electron chi connectivity index (χ0n) is 9.44. The number of hydrogen-bond donors (Lipinski definition) is 0. The molecule has 1 fully saturated rings. The molecular formula is C11H17F2N3. The van der Waals surface area contributed by atoms with Crippen molar-refractivity contribution in [1.82, 2.24) is 14.5 Å². The highest BCUT2D eigenvalue weighted by molar-refractivity contribution is 4.84. The van der Waals surface area contributed by atoms with Crippen molar-refractivity contribution < 1.29 is 8.78 Å². The third-order valence-corrected chi connectivity index (χ3v) is 3.27. The van der Waals surface area contributed by atoms with Gasteiger partial charge in [-0.25, -0.2) is 13.8 Å². The van der Waals surface area contributed by atoms with Gasteiger partial charge in [0.15, 0.2) is 0 Å². The van der Waals surface area contributed by atoms with Gasteiger partial charge in [-0.15, -0.1) is 0 Å². The van der Waals surface area contributed by atoms with E-state index in [1.54, 1.807) is 19.4 Å². The predicted octanol–water partition coefficient (Wildman–Crippen LogP) is 1.86. The fourth-order valence-electron chi connectivity index (χ4n) is 1.99. The smallest absolute Gasteiger partial charge is 0.263 e. The van der Waals surface area contributed by atoms with Gasteiger partial charge in [0.2, 0.25) is 0 Å². The van der Waals surface area contributed by atoms with E-state index in [1.165, 1.54) is 0 Å². The molecule has 2 rings (SSSR count). The first-order chi connectivity index (χ1) is 7.58. The van der Waals surface area contributed by atoms with Gasteiger partial charge in [0.1, 0.15) is 0 Å². The van der Waals surface area contributed by atoms with Gasteiger partial charge in [0.05, 0.1) is 12.9 Å². The maximum Gasteiger partial charge on any atom is 0.263 e. The molecule has 0 N–H and O–H groups in total. The topological polar surface area (TPSA) is 21.1 Å². The molecule has 1 aliphatic heterocycles. The second kappa shape index (κ2) is 4.49. The van der Waals surface area contributed by atoms with Crippen LogP contribution in [0.2, 0.25) is 0 Å². The number of halogens is 2. The summed E-state index contributed by atoms with van der Waals surface area (Å²) in [5.74, 6) is -3.02. The molecule has 1 aliphatic rings. The molecule has 5 heteroatoms. The molecule has 0 unspecified atom stereocenters. The molecule has 0 saturated carbocycles. The number of imidazole rings is 1. The Bertz CT molecular complexity index is 324. The summed E-state index contributed by atoms with van der Waals surface area (Å²) in [5.41, 5.74) is 0. The molecule has 1 atom stereocenters. The van der Waals surface area contributed by atoms with Crippen LogP contribution in [0.5, 0.6) is 0 Å². The Morgan fingerprint density at radius 3 is 2.88 bits per heavy atom. The molecule has 90 valence electrons. The molecule has 0 aliphatic carbocycles. The largest absolute Gasteiger partial charge is 0.336 e. The Balaban J connectivity index is 1.83. The van der Waals surface area contributed by atoms with Crippen LogP contribution in [0.1, 0.15) is 13.3 Å². The van der Waals surface area contributed by atoms with Crippen LogP contribution in [0, 0.1) is 5.92 Å². The van der Waals surface area contributed by atoms with Crippen LogP contribution in [0.25, 0.3) is 0 Å². The summed E-state index contributed by atoms with van der Waals surface area (Å²) in [4.78, 5) is 5.76. The monoisotopic (exact) mass is 229 g/mol. The molecule has 1 aromatic rings. The number of likely N-dealkylation sites (tertiary alicyclic amines) is 1. The minimum Gasteiger partial charge on any atom is -0.336 e. The second-order valence-corrected chi connectivity index (χ2v) is 4.53. The van der Waals surface area contributed by atoms with Crippen LogP contribution in [0.3, 0.4) is 0 Å². The average Bonchev–Trinajstić information content (AvgIpc) is 2.72. The van der Waals surface area contributed by atoms with E-state index in [0.717, 1.165) is 13.1 Å². The maximum absolute atomic E-state index is 13.5. The van der Waals surface area contributed by atoms with Gasteiger partial charge in [0.25, 0.3) is 5.92 Å². The first kappa shape index (κ1) is 11.5. The van der Waals surface area contributed by atoms with Crippen LogP contribution in [0.15, 0.2) is 18.7 Å². The molecule has 0 bridgehead atoms. The zero-order chi connectivity index (χ0) is 11.6. The quantitative estimate of drug-likeness (QED) is 0.789. The summed E-state index contributed by atoms with van der Waals surface area (Å²) in [6, 6.07) is 0. The second-order valence-electron chi connectivity index (χ2n) is 4.53. The molecule has 2 heterocycles. The van der Waals surface area contributed by atoms with Crippen molar-refractivity contribution in [3.63, 3.8) is 0 Å². The molecular weight excluding hydrogens is 212 g/mol. The molecule has 0 aromatic carbocycles. The van der Waals surface area contributed by atoms with Crippen molar-refractivity contribution in [3.8, 4) is 0 Å². The maximum atomic E-state index is 13.5. The van der Waals surface area contributed by atoms with E-state index >= 15 is 0 Å². The number of alkyl halides is 2. The van der Waals surface area contributed by atoms with Gasteiger partial charge < -0.3 is 4.57 Å². The van der Waals surface area contributed by atoms with E-state index in [2.05, 4.69) is 4.98 Å². The highest BCUT2D eigenvalue weighted by atomic mass is 19.3. The standard InChI is InChI=1S/C11H17F2N3/c1-10-2-4-15(8-11(10,12)13)6-7-16-5-3-14-9-16/h3,5,9-10H,2,4,6-8H2,1H3/t10-/m0/s1. The van der Waals surface area contributed by atoms with E-state index in [-0.39, 0.29) is 6.54 Å². The van der Waals surface area contributed by atoms with Crippen molar-refractivity contribution >= 4 is 0 Å². The predicted molar refractivity (Wildman–Crippen MR) is 57.4 cm³/mol. The van der Waals surface area contributed by atoms with Crippen LogP contribution in [-0.4, -0.2) is 40.0 Å². The van der Waals surface area contributed by atoms with Crippen molar-refractivity contribution in [2.24, 2.45) is 5.92 Å². The van der Waals surface area contributed by atoms with Crippen molar-refractivity contribution in [2.75, 3.05) is 19.6 Å². The highest BCUT2D eigenvalue weighted by Gasteiger charge is 2.41. The minimum absolute atomic E-state index is 0.108. The number of piperidine rings is 1. The van der Waals surface area contributed by atoms with Crippen LogP contribution in [0.4, 0.5) is 8.78 Å². The van der Waals surface area contributed by atoms with Crippen LogP contribution < -0.4 is 0 Å². The molecule has 0 amide bonds. The number of hydrogen-bond acceptors (Lipinski definition) is 2. The van der Waals surface area contributed by atoms with Gasteiger partial charge in [-0.3, -0.25) is 4.90 Å². The molecule has 3 nitrogen and oxygen atoms in total. The highest BCUT2D eigenvalue weighted by Crippen LogP contribution is 2.32. The Kier molecular flexibility index (Phi) is 3.23. The Labute approximate surface area is 94.1 Å². The molecule has 0 radical (unpaired) electrons. The Hall–Kier alpha value is -0.970. The fraction of sp³-hybridized carbons (Fsp3) is 0.727. The summed E-state index contributed by atoms with van der Waals surface area (Å²) >= 11 is 0. The number of aromatic nitrogens is 2. The van der Waals surface area contributed by atoms with Crippen molar-refractivity contribution in [3.05, 3.63) is 18.7 Å². The fourth-order valence-corrected chi connectivity index (χ4v) is 1.99. The third kappa shape index (κ3) is 2.58. The van der Waals surface area contributed by atoms with Gasteiger partial charge in [-0.2, -0.15) is 0 Å². The lowest BCUT2D eigenvalue weighted by Crippen LogP contribution is -2.48. The summed E-state index contributed by atoms with van der Waals surface area (Å²) in [5, 5.41) is 0. The Morgan fingerprint density at radius 1 is 1.44 bits per heavy atom. The molecule has 1 saturated heterocycles. The molecule has 1 aromatic heterocycles. The lowest BCUT2D eigenvalue weighted by Gasteiger charge is -2.36. The van der Waals surface area contributed by atoms with Gasteiger partial charge in [-0.1, -0.05) is 6.92 Å². The summed E-state index contributed by atoms with van der Waals surface area (Å²) in [7, 11) is 0. The zero-order valence-corrected chi connectivity index (χ0v) is 9.44. The molecule has 16 heavy (non-hydrogen) atoms. The normalized spacial score (nSPS) is 25.8. The van der Waals surface area contributed by atoms with Crippen LogP contribution in [-0.2, 0) is 6.54 Å². The van der Waals surface area contributed by atoms with Crippen molar-refractivity contribution in [1.29, 1.82) is 0 Å². The summed E-state index contributed by atoms with van der Waals surface area (Å²) < 4.78 is 28.8. The molecule has 0 spiro atoms. The third-order valence-electron chi connectivity index (χ3n) is 3.27.